The summed E-state index contributed by atoms with van der Waals surface area (Å²) in [5.74, 6) is 0. The van der Waals surface area contributed by atoms with Gasteiger partial charge in [0, 0.05) is 12.1 Å². The van der Waals surface area contributed by atoms with E-state index in [1.165, 1.54) is 38.5 Å². The first-order chi connectivity index (χ1) is 7.27. The fraction of sp³-hybridized carbons (Fsp3) is 1.00. The van der Waals surface area contributed by atoms with Crippen molar-refractivity contribution in [1.82, 2.24) is 5.32 Å². The van der Waals surface area contributed by atoms with Crippen LogP contribution in [0.1, 0.15) is 65.2 Å². The summed E-state index contributed by atoms with van der Waals surface area (Å²) in [5, 5.41) is 13.5. The Morgan fingerprint density at radius 2 is 1.73 bits per heavy atom. The summed E-state index contributed by atoms with van der Waals surface area (Å²) in [6, 6.07) is 0.986. The highest BCUT2D eigenvalue weighted by Gasteiger charge is 2.24. The first-order valence-electron chi connectivity index (χ1n) is 6.72. The highest BCUT2D eigenvalue weighted by molar-refractivity contribution is 4.83. The van der Waals surface area contributed by atoms with Crippen LogP contribution in [0.4, 0.5) is 0 Å². The minimum Gasteiger partial charge on any atom is -0.392 e. The average Bonchev–Trinajstić information content (AvgIpc) is 2.22. The maximum absolute atomic E-state index is 9.89. The van der Waals surface area contributed by atoms with Gasteiger partial charge in [0.05, 0.1) is 6.10 Å². The van der Waals surface area contributed by atoms with Crippen LogP contribution in [0.2, 0.25) is 0 Å². The van der Waals surface area contributed by atoms with Gasteiger partial charge in [-0.2, -0.15) is 0 Å². The average molecular weight is 213 g/mol. The third kappa shape index (κ3) is 4.52. The monoisotopic (exact) mass is 213 g/mol. The molecular weight excluding hydrogens is 186 g/mol. The van der Waals surface area contributed by atoms with Gasteiger partial charge in [-0.3, -0.25) is 0 Å². The smallest absolute Gasteiger partial charge is 0.0693 e. The Kier molecular flexibility index (Phi) is 6.26. The Morgan fingerprint density at radius 3 is 2.27 bits per heavy atom. The van der Waals surface area contributed by atoms with Crippen molar-refractivity contribution in [2.45, 2.75) is 83.4 Å². The molecule has 15 heavy (non-hydrogen) atoms. The van der Waals surface area contributed by atoms with Crippen LogP contribution < -0.4 is 5.32 Å². The predicted molar refractivity (Wildman–Crippen MR) is 65.0 cm³/mol. The molecule has 0 spiro atoms. The summed E-state index contributed by atoms with van der Waals surface area (Å²) in [4.78, 5) is 0. The molecule has 0 amide bonds. The van der Waals surface area contributed by atoms with Crippen LogP contribution >= 0.6 is 0 Å². The molecule has 1 aliphatic carbocycles. The molecule has 0 saturated heterocycles. The molecule has 1 fully saturated rings. The van der Waals surface area contributed by atoms with Crippen molar-refractivity contribution in [3.8, 4) is 0 Å². The summed E-state index contributed by atoms with van der Waals surface area (Å²) in [5.41, 5.74) is 0. The van der Waals surface area contributed by atoms with E-state index in [1.54, 1.807) is 0 Å². The van der Waals surface area contributed by atoms with Crippen LogP contribution in [0.15, 0.2) is 0 Å². The quantitative estimate of drug-likeness (QED) is 0.711. The highest BCUT2D eigenvalue weighted by Crippen LogP contribution is 2.20. The first kappa shape index (κ1) is 13.0. The Labute approximate surface area is 94.5 Å². The van der Waals surface area contributed by atoms with E-state index in [4.69, 9.17) is 0 Å². The second-order valence-corrected chi connectivity index (χ2v) is 4.90. The molecule has 2 heteroatoms. The van der Waals surface area contributed by atoms with E-state index in [1.807, 2.05) is 0 Å². The largest absolute Gasteiger partial charge is 0.392 e. The zero-order chi connectivity index (χ0) is 11.1. The summed E-state index contributed by atoms with van der Waals surface area (Å²) in [6.07, 6.45) is 9.49. The number of hydrogen-bond acceptors (Lipinski definition) is 2. The van der Waals surface area contributed by atoms with Gasteiger partial charge < -0.3 is 10.4 Å². The van der Waals surface area contributed by atoms with E-state index in [2.05, 4.69) is 19.2 Å². The summed E-state index contributed by atoms with van der Waals surface area (Å²) in [7, 11) is 0. The lowest BCUT2D eigenvalue weighted by Gasteiger charge is -2.32. The molecule has 0 heterocycles. The van der Waals surface area contributed by atoms with Crippen LogP contribution in [0, 0.1) is 0 Å². The molecule has 1 rings (SSSR count). The predicted octanol–water partition coefficient (Wildman–Crippen LogP) is 2.85. The van der Waals surface area contributed by atoms with E-state index in [9.17, 15) is 5.11 Å². The van der Waals surface area contributed by atoms with Crippen molar-refractivity contribution in [2.24, 2.45) is 0 Å². The minimum absolute atomic E-state index is 0.102. The van der Waals surface area contributed by atoms with E-state index in [0.717, 1.165) is 12.8 Å². The van der Waals surface area contributed by atoms with Gasteiger partial charge in [0.1, 0.15) is 0 Å². The summed E-state index contributed by atoms with van der Waals surface area (Å²) < 4.78 is 0. The second-order valence-electron chi connectivity index (χ2n) is 4.90. The van der Waals surface area contributed by atoms with E-state index >= 15 is 0 Å². The van der Waals surface area contributed by atoms with Gasteiger partial charge in [0.15, 0.2) is 0 Å². The van der Waals surface area contributed by atoms with Crippen molar-refractivity contribution >= 4 is 0 Å². The molecule has 0 radical (unpaired) electrons. The third-order valence-electron chi connectivity index (χ3n) is 3.45. The Morgan fingerprint density at radius 1 is 1.13 bits per heavy atom. The van der Waals surface area contributed by atoms with E-state index in [0.29, 0.717) is 12.1 Å². The Bertz CT molecular complexity index is 155. The normalized spacial score (nSPS) is 27.2. The molecule has 0 unspecified atom stereocenters. The van der Waals surface area contributed by atoms with Crippen LogP contribution in [-0.2, 0) is 0 Å². The molecule has 0 aromatic heterocycles. The summed E-state index contributed by atoms with van der Waals surface area (Å²) in [6.45, 7) is 4.48. The van der Waals surface area contributed by atoms with Crippen molar-refractivity contribution in [2.75, 3.05) is 0 Å². The van der Waals surface area contributed by atoms with E-state index < -0.39 is 0 Å². The van der Waals surface area contributed by atoms with E-state index in [-0.39, 0.29) is 6.10 Å². The van der Waals surface area contributed by atoms with Crippen LogP contribution in [-0.4, -0.2) is 23.3 Å². The molecular formula is C13H27NO. The van der Waals surface area contributed by atoms with Crippen LogP contribution in [0.3, 0.4) is 0 Å². The van der Waals surface area contributed by atoms with Gasteiger partial charge in [-0.05, 0) is 25.7 Å². The van der Waals surface area contributed by atoms with Crippen molar-refractivity contribution in [3.63, 3.8) is 0 Å². The highest BCUT2D eigenvalue weighted by atomic mass is 16.3. The second kappa shape index (κ2) is 7.24. The lowest BCUT2D eigenvalue weighted by Crippen LogP contribution is -2.47. The lowest BCUT2D eigenvalue weighted by molar-refractivity contribution is 0.0832. The molecule has 1 saturated carbocycles. The molecule has 0 aromatic carbocycles. The number of aliphatic hydroxyl groups is 1. The zero-order valence-electron chi connectivity index (χ0n) is 10.3. The number of aliphatic hydroxyl groups excluding tert-OH is 1. The van der Waals surface area contributed by atoms with Crippen LogP contribution in [0.25, 0.3) is 0 Å². The van der Waals surface area contributed by atoms with Crippen molar-refractivity contribution < 1.29 is 5.11 Å². The molecule has 0 aromatic rings. The van der Waals surface area contributed by atoms with Gasteiger partial charge in [-0.1, -0.05) is 39.5 Å². The number of hydrogen-bond donors (Lipinski definition) is 2. The molecule has 2 nitrogen and oxygen atoms in total. The molecule has 2 atom stereocenters. The molecule has 1 aliphatic rings. The summed E-state index contributed by atoms with van der Waals surface area (Å²) >= 11 is 0. The number of rotatable bonds is 6. The van der Waals surface area contributed by atoms with Crippen LogP contribution in [0.5, 0.6) is 0 Å². The number of nitrogens with one attached hydrogen (secondary N) is 1. The SMILES string of the molecule is CCCC(CCC)N[C@@H]1CCCC[C@@H]1O. The van der Waals surface area contributed by atoms with Gasteiger partial charge in [0.25, 0.3) is 0 Å². The third-order valence-corrected chi connectivity index (χ3v) is 3.45. The fourth-order valence-electron chi connectivity index (χ4n) is 2.62. The molecule has 0 aliphatic heterocycles. The Balaban J connectivity index is 2.33. The van der Waals surface area contributed by atoms with Gasteiger partial charge in [-0.15, -0.1) is 0 Å². The van der Waals surface area contributed by atoms with Gasteiger partial charge in [0.2, 0.25) is 0 Å². The van der Waals surface area contributed by atoms with Gasteiger partial charge in [-0.25, -0.2) is 0 Å². The lowest BCUT2D eigenvalue weighted by atomic mass is 9.91. The Hall–Kier alpha value is -0.0800. The van der Waals surface area contributed by atoms with Crippen molar-refractivity contribution in [3.05, 3.63) is 0 Å². The minimum atomic E-state index is -0.102. The standard InChI is InChI=1S/C13H27NO/c1-3-7-11(8-4-2)14-12-9-5-6-10-13(12)15/h11-15H,3-10H2,1-2H3/t12-,13+/m1/s1. The molecule has 2 N–H and O–H groups in total. The topological polar surface area (TPSA) is 32.3 Å². The maximum atomic E-state index is 9.89. The fourth-order valence-corrected chi connectivity index (χ4v) is 2.62. The first-order valence-corrected chi connectivity index (χ1v) is 6.72. The maximum Gasteiger partial charge on any atom is 0.0693 e. The van der Waals surface area contributed by atoms with Crippen molar-refractivity contribution in [1.29, 1.82) is 0 Å². The van der Waals surface area contributed by atoms with Gasteiger partial charge >= 0.3 is 0 Å². The zero-order valence-corrected chi connectivity index (χ0v) is 10.3. The molecule has 0 bridgehead atoms. The molecule has 90 valence electrons.